The number of hydrogen-bond donors (Lipinski definition) is 2. The molecule has 2 fully saturated rings. The summed E-state index contributed by atoms with van der Waals surface area (Å²) in [4.78, 5) is 24.7. The van der Waals surface area contributed by atoms with Crippen LogP contribution in [0, 0.1) is 0 Å². The van der Waals surface area contributed by atoms with Gasteiger partial charge in [-0.2, -0.15) is 0 Å². The number of amides is 1. The molecule has 0 aromatic rings. The molecule has 0 aromatic heterocycles. The van der Waals surface area contributed by atoms with E-state index in [1.807, 2.05) is 4.90 Å². The number of ether oxygens (including phenoxy) is 2. The summed E-state index contributed by atoms with van der Waals surface area (Å²) < 4.78 is 10.5. The lowest BCUT2D eigenvalue weighted by molar-refractivity contribution is -0.144. The van der Waals surface area contributed by atoms with Crippen LogP contribution < -0.4 is 5.32 Å². The molecular formula is C12H20N2O5. The molecule has 2 aliphatic rings. The lowest BCUT2D eigenvalue weighted by Crippen LogP contribution is -2.49. The molecule has 2 rings (SSSR count). The Morgan fingerprint density at radius 1 is 1.37 bits per heavy atom. The van der Waals surface area contributed by atoms with Gasteiger partial charge in [0.1, 0.15) is 0 Å². The van der Waals surface area contributed by atoms with Gasteiger partial charge in [-0.15, -0.1) is 0 Å². The zero-order valence-electron chi connectivity index (χ0n) is 10.8. The Morgan fingerprint density at radius 3 is 2.63 bits per heavy atom. The second-order valence-electron chi connectivity index (χ2n) is 4.88. The molecule has 1 atom stereocenters. The number of morpholine rings is 1. The molecule has 0 unspecified atom stereocenters. The summed E-state index contributed by atoms with van der Waals surface area (Å²) in [6, 6.07) is -0.964. The van der Waals surface area contributed by atoms with Crippen molar-refractivity contribution >= 4 is 11.9 Å². The molecule has 1 saturated carbocycles. The van der Waals surface area contributed by atoms with Crippen LogP contribution in [0.4, 0.5) is 0 Å². The highest BCUT2D eigenvalue weighted by Crippen LogP contribution is 2.23. The molecule has 7 nitrogen and oxygen atoms in total. The van der Waals surface area contributed by atoms with Crippen LogP contribution in [0.1, 0.15) is 12.8 Å². The zero-order chi connectivity index (χ0) is 13.7. The van der Waals surface area contributed by atoms with Crippen molar-refractivity contribution in [3.63, 3.8) is 0 Å². The molecule has 19 heavy (non-hydrogen) atoms. The average molecular weight is 272 g/mol. The summed E-state index contributed by atoms with van der Waals surface area (Å²) in [5.74, 6) is -1.34. The fraction of sp³-hybridized carbons (Fsp3) is 0.833. The molecule has 2 N–H and O–H groups in total. The van der Waals surface area contributed by atoms with Crippen LogP contribution in [-0.2, 0) is 19.1 Å². The molecular weight excluding hydrogens is 252 g/mol. The van der Waals surface area contributed by atoms with Crippen LogP contribution >= 0.6 is 0 Å². The van der Waals surface area contributed by atoms with Crippen molar-refractivity contribution < 1.29 is 24.2 Å². The molecule has 7 heteroatoms. The fourth-order valence-electron chi connectivity index (χ4n) is 1.84. The van der Waals surface area contributed by atoms with Gasteiger partial charge in [-0.25, -0.2) is 4.79 Å². The molecule has 0 spiro atoms. The van der Waals surface area contributed by atoms with Gasteiger partial charge in [0.05, 0.1) is 32.5 Å². The van der Waals surface area contributed by atoms with Gasteiger partial charge in [-0.3, -0.25) is 9.69 Å². The summed E-state index contributed by atoms with van der Waals surface area (Å²) in [5, 5.41) is 11.5. The standard InChI is InChI=1S/C12H20N2O5/c15-11(7-14-3-5-18-6-4-14)13-10(12(16)17)8-19-9-1-2-9/h9-10H,1-8H2,(H,13,15)(H,16,17)/t10-/m0/s1. The van der Waals surface area contributed by atoms with E-state index in [4.69, 9.17) is 14.6 Å². The van der Waals surface area contributed by atoms with Gasteiger partial charge in [0.15, 0.2) is 6.04 Å². The molecule has 0 aromatic carbocycles. The Balaban J connectivity index is 1.71. The number of hydrogen-bond acceptors (Lipinski definition) is 5. The molecule has 1 heterocycles. The number of carbonyl (C=O) groups is 2. The molecule has 1 aliphatic heterocycles. The molecule has 108 valence electrons. The molecule has 1 aliphatic carbocycles. The van der Waals surface area contributed by atoms with Crippen LogP contribution in [0.15, 0.2) is 0 Å². The number of nitrogens with one attached hydrogen (secondary N) is 1. The number of nitrogens with zero attached hydrogens (tertiary/aromatic N) is 1. The lowest BCUT2D eigenvalue weighted by atomic mass is 10.3. The van der Waals surface area contributed by atoms with E-state index in [0.717, 1.165) is 12.8 Å². The first-order valence-corrected chi connectivity index (χ1v) is 6.59. The number of carboxylic acids is 1. The summed E-state index contributed by atoms with van der Waals surface area (Å²) in [5.41, 5.74) is 0. The van der Waals surface area contributed by atoms with Gasteiger partial charge in [0, 0.05) is 13.1 Å². The van der Waals surface area contributed by atoms with Crippen LogP contribution in [0.3, 0.4) is 0 Å². The van der Waals surface area contributed by atoms with Gasteiger partial charge in [0.25, 0.3) is 0 Å². The van der Waals surface area contributed by atoms with Crippen molar-refractivity contribution in [3.8, 4) is 0 Å². The van der Waals surface area contributed by atoms with Crippen LogP contribution in [-0.4, -0.2) is 73.5 Å². The van der Waals surface area contributed by atoms with Crippen LogP contribution in [0.5, 0.6) is 0 Å². The Labute approximate surface area is 111 Å². The topological polar surface area (TPSA) is 88.1 Å². The predicted molar refractivity (Wildman–Crippen MR) is 65.8 cm³/mol. The minimum atomic E-state index is -1.06. The van der Waals surface area contributed by atoms with Crippen molar-refractivity contribution in [2.45, 2.75) is 25.0 Å². The van der Waals surface area contributed by atoms with Crippen molar-refractivity contribution in [2.24, 2.45) is 0 Å². The summed E-state index contributed by atoms with van der Waals surface area (Å²) in [6.45, 7) is 2.86. The first-order chi connectivity index (χ1) is 9.15. The average Bonchev–Trinajstić information content (AvgIpc) is 3.19. The highest BCUT2D eigenvalue weighted by atomic mass is 16.5. The van der Waals surface area contributed by atoms with E-state index >= 15 is 0 Å². The number of carbonyl (C=O) groups excluding carboxylic acids is 1. The van der Waals surface area contributed by atoms with Gasteiger partial charge >= 0.3 is 5.97 Å². The number of aliphatic carboxylic acids is 1. The Hall–Kier alpha value is -1.18. The lowest BCUT2D eigenvalue weighted by Gasteiger charge is -2.26. The molecule has 0 radical (unpaired) electrons. The quantitative estimate of drug-likeness (QED) is 0.622. The maximum Gasteiger partial charge on any atom is 0.328 e. The second-order valence-corrected chi connectivity index (χ2v) is 4.88. The van der Waals surface area contributed by atoms with Crippen molar-refractivity contribution in [1.29, 1.82) is 0 Å². The number of carboxylic acid groups (broad SMARTS) is 1. The van der Waals surface area contributed by atoms with Crippen LogP contribution in [0.25, 0.3) is 0 Å². The maximum absolute atomic E-state index is 11.8. The van der Waals surface area contributed by atoms with Crippen molar-refractivity contribution in [3.05, 3.63) is 0 Å². The monoisotopic (exact) mass is 272 g/mol. The maximum atomic E-state index is 11.8. The predicted octanol–water partition coefficient (Wildman–Crippen LogP) is -0.933. The van der Waals surface area contributed by atoms with E-state index in [2.05, 4.69) is 5.32 Å². The smallest absolute Gasteiger partial charge is 0.328 e. The number of rotatable bonds is 7. The Bertz CT molecular complexity index is 326. The van der Waals surface area contributed by atoms with E-state index in [-0.39, 0.29) is 25.2 Å². The van der Waals surface area contributed by atoms with Crippen LogP contribution in [0.2, 0.25) is 0 Å². The van der Waals surface area contributed by atoms with E-state index < -0.39 is 12.0 Å². The summed E-state index contributed by atoms with van der Waals surface area (Å²) in [6.07, 6.45) is 2.14. The van der Waals surface area contributed by atoms with Gasteiger partial charge in [-0.1, -0.05) is 0 Å². The normalized spacial score (nSPS) is 21.9. The third-order valence-electron chi connectivity index (χ3n) is 3.13. The molecule has 1 saturated heterocycles. The second kappa shape index (κ2) is 6.83. The Kier molecular flexibility index (Phi) is 5.12. The first-order valence-electron chi connectivity index (χ1n) is 6.59. The zero-order valence-corrected chi connectivity index (χ0v) is 10.8. The van der Waals surface area contributed by atoms with E-state index in [0.29, 0.717) is 26.3 Å². The Morgan fingerprint density at radius 2 is 2.05 bits per heavy atom. The SMILES string of the molecule is O=C(CN1CCOCC1)N[C@@H](COC1CC1)C(=O)O. The van der Waals surface area contributed by atoms with Gasteiger partial charge < -0.3 is 19.9 Å². The van der Waals surface area contributed by atoms with Gasteiger partial charge in [0.2, 0.25) is 5.91 Å². The van der Waals surface area contributed by atoms with E-state index in [1.165, 1.54) is 0 Å². The largest absolute Gasteiger partial charge is 0.480 e. The fourth-order valence-corrected chi connectivity index (χ4v) is 1.84. The molecule has 1 amide bonds. The highest BCUT2D eigenvalue weighted by molar-refractivity contribution is 5.84. The summed E-state index contributed by atoms with van der Waals surface area (Å²) in [7, 11) is 0. The van der Waals surface area contributed by atoms with E-state index in [1.54, 1.807) is 0 Å². The molecule has 0 bridgehead atoms. The minimum Gasteiger partial charge on any atom is -0.480 e. The third-order valence-corrected chi connectivity index (χ3v) is 3.13. The third kappa shape index (κ3) is 5.14. The van der Waals surface area contributed by atoms with E-state index in [9.17, 15) is 9.59 Å². The first kappa shape index (κ1) is 14.2. The van der Waals surface area contributed by atoms with Crippen molar-refractivity contribution in [1.82, 2.24) is 10.2 Å². The minimum absolute atomic E-state index is 0.0366. The highest BCUT2D eigenvalue weighted by Gasteiger charge is 2.27. The van der Waals surface area contributed by atoms with Crippen molar-refractivity contribution in [2.75, 3.05) is 39.5 Å². The van der Waals surface area contributed by atoms with Gasteiger partial charge in [-0.05, 0) is 12.8 Å². The summed E-state index contributed by atoms with van der Waals surface area (Å²) >= 11 is 0.